The summed E-state index contributed by atoms with van der Waals surface area (Å²) in [5, 5.41) is 0. The van der Waals surface area contributed by atoms with E-state index < -0.39 is 18.1 Å². The summed E-state index contributed by atoms with van der Waals surface area (Å²) in [6.07, 6.45) is 4.78. The Hall–Kier alpha value is -1.10. The first kappa shape index (κ1) is 15.0. The molecule has 18 heavy (non-hydrogen) atoms. The molecule has 2 unspecified atom stereocenters. The smallest absolute Gasteiger partial charge is 0.322 e. The first-order valence-electron chi connectivity index (χ1n) is 6.63. The zero-order valence-electron chi connectivity index (χ0n) is 11.2. The molecule has 2 atom stereocenters. The molecule has 0 aliphatic heterocycles. The van der Waals surface area contributed by atoms with Crippen molar-refractivity contribution in [2.45, 2.75) is 58.1 Å². The maximum absolute atomic E-state index is 11.8. The van der Waals surface area contributed by atoms with Gasteiger partial charge >= 0.3 is 11.9 Å². The lowest BCUT2D eigenvalue weighted by atomic mass is 9.89. The number of hydrogen-bond donors (Lipinski definition) is 1. The summed E-state index contributed by atoms with van der Waals surface area (Å²) in [7, 11) is 0. The molecule has 0 spiro atoms. The van der Waals surface area contributed by atoms with Crippen LogP contribution in [0.2, 0.25) is 0 Å². The fourth-order valence-electron chi connectivity index (χ4n) is 2.00. The van der Waals surface area contributed by atoms with E-state index in [-0.39, 0.29) is 18.5 Å². The largest absolute Gasteiger partial charge is 0.461 e. The van der Waals surface area contributed by atoms with Crippen LogP contribution in [0.4, 0.5) is 0 Å². The van der Waals surface area contributed by atoms with Gasteiger partial charge in [0.15, 0.2) is 0 Å². The third-order valence-corrected chi connectivity index (χ3v) is 3.09. The van der Waals surface area contributed by atoms with Crippen LogP contribution in [0.5, 0.6) is 0 Å². The first-order valence-corrected chi connectivity index (χ1v) is 6.63. The van der Waals surface area contributed by atoms with Crippen LogP contribution in [-0.2, 0) is 19.1 Å². The molecule has 0 aromatic carbocycles. The minimum atomic E-state index is -0.647. The molecule has 1 aliphatic rings. The van der Waals surface area contributed by atoms with E-state index in [0.29, 0.717) is 0 Å². The van der Waals surface area contributed by atoms with Crippen LogP contribution < -0.4 is 5.73 Å². The van der Waals surface area contributed by atoms with E-state index in [2.05, 4.69) is 0 Å². The van der Waals surface area contributed by atoms with Gasteiger partial charge in [-0.25, -0.2) is 0 Å². The summed E-state index contributed by atoms with van der Waals surface area (Å²) in [4.78, 5) is 22.9. The van der Waals surface area contributed by atoms with E-state index in [0.717, 1.165) is 25.7 Å². The van der Waals surface area contributed by atoms with Crippen molar-refractivity contribution in [3.05, 3.63) is 0 Å². The van der Waals surface area contributed by atoms with E-state index in [1.807, 2.05) is 0 Å². The zero-order valence-corrected chi connectivity index (χ0v) is 11.2. The van der Waals surface area contributed by atoms with Gasteiger partial charge < -0.3 is 15.2 Å². The van der Waals surface area contributed by atoms with Crippen LogP contribution in [0.25, 0.3) is 0 Å². The van der Waals surface area contributed by atoms with E-state index in [1.165, 1.54) is 6.42 Å². The molecule has 0 amide bonds. The molecule has 1 saturated carbocycles. The Morgan fingerprint density at radius 2 is 1.83 bits per heavy atom. The molecule has 0 saturated heterocycles. The van der Waals surface area contributed by atoms with Gasteiger partial charge in [-0.3, -0.25) is 9.59 Å². The fraction of sp³-hybridized carbons (Fsp3) is 0.846. The van der Waals surface area contributed by atoms with E-state index in [1.54, 1.807) is 13.8 Å². The van der Waals surface area contributed by atoms with Crippen molar-refractivity contribution in [1.82, 2.24) is 0 Å². The summed E-state index contributed by atoms with van der Waals surface area (Å²) in [6.45, 7) is 3.34. The molecule has 1 fully saturated rings. The third-order valence-electron chi connectivity index (χ3n) is 3.09. The van der Waals surface area contributed by atoms with Crippen LogP contribution in [0, 0.1) is 5.92 Å². The lowest BCUT2D eigenvalue weighted by Crippen LogP contribution is -2.32. The maximum Gasteiger partial charge on any atom is 0.322 e. The van der Waals surface area contributed by atoms with Gasteiger partial charge in [-0.1, -0.05) is 19.3 Å². The molecule has 1 rings (SSSR count). The van der Waals surface area contributed by atoms with Crippen molar-refractivity contribution in [3.8, 4) is 0 Å². The number of ether oxygens (including phenoxy) is 2. The number of rotatable bonds is 5. The zero-order chi connectivity index (χ0) is 13.5. The van der Waals surface area contributed by atoms with E-state index in [9.17, 15) is 9.59 Å². The van der Waals surface area contributed by atoms with Gasteiger partial charge in [0, 0.05) is 0 Å². The minimum absolute atomic E-state index is 0.0188. The van der Waals surface area contributed by atoms with Crippen LogP contribution in [0.15, 0.2) is 0 Å². The molecule has 1 aliphatic carbocycles. The lowest BCUT2D eigenvalue weighted by molar-refractivity contribution is -0.162. The highest BCUT2D eigenvalue weighted by atomic mass is 16.6. The second kappa shape index (κ2) is 7.36. The number of esters is 2. The molecule has 0 aromatic rings. The Morgan fingerprint density at radius 1 is 1.22 bits per heavy atom. The van der Waals surface area contributed by atoms with Crippen LogP contribution in [0.3, 0.4) is 0 Å². The summed E-state index contributed by atoms with van der Waals surface area (Å²) < 4.78 is 10.2. The van der Waals surface area contributed by atoms with Crippen LogP contribution in [-0.4, -0.2) is 30.7 Å². The van der Waals surface area contributed by atoms with Gasteiger partial charge in [0.05, 0.1) is 5.92 Å². The Labute approximate surface area is 108 Å². The second-order valence-corrected chi connectivity index (χ2v) is 5.00. The van der Waals surface area contributed by atoms with Crippen molar-refractivity contribution in [2.24, 2.45) is 11.7 Å². The molecule has 0 radical (unpaired) electrons. The molecule has 2 N–H and O–H groups in total. The topological polar surface area (TPSA) is 78.6 Å². The molecule has 5 heteroatoms. The minimum Gasteiger partial charge on any atom is -0.461 e. The van der Waals surface area contributed by atoms with E-state index in [4.69, 9.17) is 15.2 Å². The third kappa shape index (κ3) is 5.04. The lowest BCUT2D eigenvalue weighted by Gasteiger charge is -2.22. The Balaban J connectivity index is 2.24. The average Bonchev–Trinajstić information content (AvgIpc) is 2.36. The predicted octanol–water partition coefficient (Wildman–Crippen LogP) is 1.39. The van der Waals surface area contributed by atoms with Gasteiger partial charge in [-0.15, -0.1) is 0 Å². The predicted molar refractivity (Wildman–Crippen MR) is 66.7 cm³/mol. The molecular weight excluding hydrogens is 234 g/mol. The number of hydrogen-bond acceptors (Lipinski definition) is 5. The summed E-state index contributed by atoms with van der Waals surface area (Å²) in [5.41, 5.74) is 5.36. The van der Waals surface area contributed by atoms with E-state index >= 15 is 0 Å². The Morgan fingerprint density at radius 3 is 2.39 bits per heavy atom. The van der Waals surface area contributed by atoms with Crippen molar-refractivity contribution >= 4 is 11.9 Å². The molecule has 0 heterocycles. The highest BCUT2D eigenvalue weighted by Gasteiger charge is 2.24. The quantitative estimate of drug-likeness (QED) is 0.753. The monoisotopic (exact) mass is 257 g/mol. The Kier molecular flexibility index (Phi) is 6.12. The fourth-order valence-corrected chi connectivity index (χ4v) is 2.00. The van der Waals surface area contributed by atoms with Crippen molar-refractivity contribution < 1.29 is 19.1 Å². The number of carbonyl (C=O) groups is 2. The Bertz CT molecular complexity index is 285. The van der Waals surface area contributed by atoms with Crippen LogP contribution >= 0.6 is 0 Å². The van der Waals surface area contributed by atoms with Crippen molar-refractivity contribution in [1.29, 1.82) is 0 Å². The van der Waals surface area contributed by atoms with Gasteiger partial charge in [-0.05, 0) is 26.7 Å². The molecular formula is C13H23NO4. The summed E-state index contributed by atoms with van der Waals surface area (Å²) in [6, 6.07) is -0.647. The normalized spacial score (nSPS) is 19.9. The SMILES string of the molecule is CC(COC(=O)C(C)N)OC(=O)C1CCCCC1. The number of nitrogens with two attached hydrogens (primary N) is 1. The van der Waals surface area contributed by atoms with Gasteiger partial charge in [0.25, 0.3) is 0 Å². The molecule has 0 bridgehead atoms. The molecule has 0 aromatic heterocycles. The maximum atomic E-state index is 11.8. The summed E-state index contributed by atoms with van der Waals surface area (Å²) in [5.74, 6) is -0.625. The van der Waals surface area contributed by atoms with Gasteiger partial charge in [0.2, 0.25) is 0 Å². The highest BCUT2D eigenvalue weighted by Crippen LogP contribution is 2.24. The van der Waals surface area contributed by atoms with Gasteiger partial charge in [0.1, 0.15) is 18.8 Å². The first-order chi connectivity index (χ1) is 8.50. The van der Waals surface area contributed by atoms with Gasteiger partial charge in [-0.2, -0.15) is 0 Å². The van der Waals surface area contributed by atoms with Crippen LogP contribution in [0.1, 0.15) is 46.0 Å². The standard InChI is InChI=1S/C13H23NO4/c1-9(8-17-12(15)10(2)14)18-13(16)11-6-4-3-5-7-11/h9-11H,3-8,14H2,1-2H3. The number of carbonyl (C=O) groups excluding carboxylic acids is 2. The average molecular weight is 257 g/mol. The molecule has 104 valence electrons. The summed E-state index contributed by atoms with van der Waals surface area (Å²) >= 11 is 0. The second-order valence-electron chi connectivity index (χ2n) is 5.00. The highest BCUT2D eigenvalue weighted by molar-refractivity contribution is 5.75. The van der Waals surface area contributed by atoms with Crippen molar-refractivity contribution in [2.75, 3.05) is 6.61 Å². The van der Waals surface area contributed by atoms with Crippen molar-refractivity contribution in [3.63, 3.8) is 0 Å². The molecule has 5 nitrogen and oxygen atoms in total.